The van der Waals surface area contributed by atoms with E-state index < -0.39 is 10.8 Å². The third-order valence-electron chi connectivity index (χ3n) is 3.10. The molecule has 4 nitrogen and oxygen atoms in total. The fraction of sp³-hybridized carbons (Fsp3) is 0.333. The molecule has 106 valence electrons. The van der Waals surface area contributed by atoms with Gasteiger partial charge in [0.15, 0.2) is 0 Å². The molecule has 0 spiro atoms. The fourth-order valence-electron chi connectivity index (χ4n) is 2.06. The van der Waals surface area contributed by atoms with Crippen molar-refractivity contribution in [3.63, 3.8) is 0 Å². The Morgan fingerprint density at radius 3 is 2.85 bits per heavy atom. The van der Waals surface area contributed by atoms with E-state index in [9.17, 15) is 9.00 Å². The molecule has 0 aliphatic rings. The average molecular weight is 291 g/mol. The van der Waals surface area contributed by atoms with E-state index in [1.807, 2.05) is 30.3 Å². The molecular weight excluding hydrogens is 274 g/mol. The van der Waals surface area contributed by atoms with Gasteiger partial charge in [-0.25, -0.2) is 0 Å². The summed E-state index contributed by atoms with van der Waals surface area (Å²) in [6.07, 6.45) is 1.72. The molecule has 1 aromatic heterocycles. The van der Waals surface area contributed by atoms with Gasteiger partial charge in [0.1, 0.15) is 0 Å². The first-order valence-corrected chi connectivity index (χ1v) is 7.86. The van der Waals surface area contributed by atoms with Gasteiger partial charge in [0.25, 0.3) is 0 Å². The number of hydrogen-bond donors (Lipinski definition) is 0. The highest BCUT2D eigenvalue weighted by Crippen LogP contribution is 2.18. The highest BCUT2D eigenvalue weighted by Gasteiger charge is 2.17. The molecule has 0 fully saturated rings. The molecule has 0 N–H and O–H groups in total. The minimum absolute atomic E-state index is 0.309. The van der Waals surface area contributed by atoms with Crippen molar-refractivity contribution in [2.24, 2.45) is 5.92 Å². The van der Waals surface area contributed by atoms with E-state index >= 15 is 0 Å². The number of hydrogen-bond acceptors (Lipinski definition) is 4. The van der Waals surface area contributed by atoms with Crippen molar-refractivity contribution in [1.29, 1.82) is 0 Å². The van der Waals surface area contributed by atoms with Gasteiger partial charge in [-0.3, -0.25) is 14.0 Å². The second-order valence-corrected chi connectivity index (χ2v) is 6.16. The first-order valence-electron chi connectivity index (χ1n) is 6.37. The maximum Gasteiger partial charge on any atom is 0.309 e. The van der Waals surface area contributed by atoms with Crippen LogP contribution in [-0.4, -0.2) is 28.0 Å². The lowest BCUT2D eigenvalue weighted by atomic mass is 10.1. The Labute approximate surface area is 120 Å². The predicted octanol–water partition coefficient (Wildman–Crippen LogP) is 2.29. The minimum atomic E-state index is -1.11. The van der Waals surface area contributed by atoms with Gasteiger partial charge in [0.2, 0.25) is 0 Å². The second kappa shape index (κ2) is 6.61. The summed E-state index contributed by atoms with van der Waals surface area (Å²) in [5.41, 5.74) is 1.88. The topological polar surface area (TPSA) is 56.3 Å². The molecule has 5 heteroatoms. The molecule has 0 bridgehead atoms. The van der Waals surface area contributed by atoms with Crippen LogP contribution in [-0.2, 0) is 26.1 Å². The molecule has 0 saturated heterocycles. The van der Waals surface area contributed by atoms with Crippen molar-refractivity contribution < 1.29 is 13.7 Å². The molecule has 2 aromatic rings. The van der Waals surface area contributed by atoms with Crippen LogP contribution in [0.4, 0.5) is 0 Å². The van der Waals surface area contributed by atoms with Gasteiger partial charge in [-0.1, -0.05) is 25.1 Å². The lowest BCUT2D eigenvalue weighted by Crippen LogP contribution is -2.20. The monoisotopic (exact) mass is 291 g/mol. The maximum atomic E-state index is 12.2. The van der Waals surface area contributed by atoms with Crippen LogP contribution in [0.1, 0.15) is 12.5 Å². The number of rotatable bonds is 5. The lowest BCUT2D eigenvalue weighted by molar-refractivity contribution is -0.144. The third kappa shape index (κ3) is 3.42. The summed E-state index contributed by atoms with van der Waals surface area (Å²) in [5, 5.41) is 1.01. The van der Waals surface area contributed by atoms with Gasteiger partial charge in [-0.2, -0.15) is 0 Å². The van der Waals surface area contributed by atoms with E-state index in [-0.39, 0.29) is 11.9 Å². The Morgan fingerprint density at radius 1 is 1.35 bits per heavy atom. The summed E-state index contributed by atoms with van der Waals surface area (Å²) in [6, 6.07) is 9.64. The zero-order valence-electron chi connectivity index (χ0n) is 11.5. The van der Waals surface area contributed by atoms with E-state index in [4.69, 9.17) is 0 Å². The van der Waals surface area contributed by atoms with Crippen molar-refractivity contribution in [2.75, 3.05) is 12.9 Å². The molecule has 2 rings (SSSR count). The molecule has 2 unspecified atom stereocenters. The molecule has 0 radical (unpaired) electrons. The molecule has 20 heavy (non-hydrogen) atoms. The number of methoxy groups -OCH3 is 1. The predicted molar refractivity (Wildman–Crippen MR) is 79.6 cm³/mol. The number of ether oxygens (including phenoxy) is 1. The van der Waals surface area contributed by atoms with E-state index in [0.717, 1.165) is 16.5 Å². The zero-order valence-corrected chi connectivity index (χ0v) is 12.4. The first-order chi connectivity index (χ1) is 9.61. The number of aromatic nitrogens is 1. The highest BCUT2D eigenvalue weighted by molar-refractivity contribution is 7.84. The standard InChI is InChI=1S/C15H17NO3S/c1-11(15(17)19-2)9-20(18)10-12-7-8-16-14-6-4-3-5-13(12)14/h3-8,11H,9-10H2,1-2H3. The van der Waals surface area contributed by atoms with Crippen LogP contribution in [0.3, 0.4) is 0 Å². The molecule has 0 amide bonds. The molecule has 0 aliphatic heterocycles. The Kier molecular flexibility index (Phi) is 4.84. The summed E-state index contributed by atoms with van der Waals surface area (Å²) < 4.78 is 16.8. The maximum absolute atomic E-state index is 12.2. The summed E-state index contributed by atoms with van der Waals surface area (Å²) in [6.45, 7) is 1.73. The van der Waals surface area contributed by atoms with Crippen LogP contribution in [0.2, 0.25) is 0 Å². The zero-order chi connectivity index (χ0) is 14.5. The first kappa shape index (κ1) is 14.7. The van der Waals surface area contributed by atoms with E-state index in [1.54, 1.807) is 13.1 Å². The van der Waals surface area contributed by atoms with Gasteiger partial charge < -0.3 is 4.74 Å². The van der Waals surface area contributed by atoms with Crippen LogP contribution in [0.5, 0.6) is 0 Å². The van der Waals surface area contributed by atoms with Crippen LogP contribution >= 0.6 is 0 Å². The minimum Gasteiger partial charge on any atom is -0.469 e. The highest BCUT2D eigenvalue weighted by atomic mass is 32.2. The van der Waals surface area contributed by atoms with Gasteiger partial charge in [-0.05, 0) is 17.7 Å². The number of carbonyl (C=O) groups excluding carboxylic acids is 1. The number of fused-ring (bicyclic) bond motifs is 1. The molecule has 1 heterocycles. The van der Waals surface area contributed by atoms with Crippen LogP contribution < -0.4 is 0 Å². The second-order valence-electron chi connectivity index (χ2n) is 4.66. The van der Waals surface area contributed by atoms with E-state index in [2.05, 4.69) is 9.72 Å². The van der Waals surface area contributed by atoms with Crippen molar-refractivity contribution in [3.05, 3.63) is 42.1 Å². The number of esters is 1. The molecule has 1 aromatic carbocycles. The Morgan fingerprint density at radius 2 is 2.10 bits per heavy atom. The summed E-state index contributed by atoms with van der Waals surface area (Å²) >= 11 is 0. The summed E-state index contributed by atoms with van der Waals surface area (Å²) in [5.74, 6) is 0.0557. The summed E-state index contributed by atoms with van der Waals surface area (Å²) in [7, 11) is 0.237. The third-order valence-corrected chi connectivity index (χ3v) is 4.60. The van der Waals surface area contributed by atoms with Crippen LogP contribution in [0.25, 0.3) is 10.9 Å². The molecular formula is C15H17NO3S. The lowest BCUT2D eigenvalue weighted by Gasteiger charge is -2.10. The Bertz CT molecular complexity index is 637. The van der Waals surface area contributed by atoms with Gasteiger partial charge >= 0.3 is 5.97 Å². The molecule has 0 saturated carbocycles. The van der Waals surface area contributed by atoms with Crippen molar-refractivity contribution >= 4 is 27.7 Å². The van der Waals surface area contributed by atoms with Crippen molar-refractivity contribution in [1.82, 2.24) is 4.98 Å². The van der Waals surface area contributed by atoms with Crippen molar-refractivity contribution in [2.45, 2.75) is 12.7 Å². The normalized spacial score (nSPS) is 13.9. The average Bonchev–Trinajstić information content (AvgIpc) is 2.46. The van der Waals surface area contributed by atoms with Crippen LogP contribution in [0, 0.1) is 5.92 Å². The number of nitrogens with zero attached hydrogens (tertiary/aromatic N) is 1. The van der Waals surface area contributed by atoms with E-state index in [0.29, 0.717) is 11.5 Å². The smallest absolute Gasteiger partial charge is 0.309 e. The molecule has 2 atom stereocenters. The van der Waals surface area contributed by atoms with Crippen LogP contribution in [0.15, 0.2) is 36.5 Å². The quantitative estimate of drug-likeness (QED) is 0.793. The Hall–Kier alpha value is -1.75. The van der Waals surface area contributed by atoms with Gasteiger partial charge in [-0.15, -0.1) is 0 Å². The molecule has 0 aliphatic carbocycles. The van der Waals surface area contributed by atoms with E-state index in [1.165, 1.54) is 7.11 Å². The number of pyridine rings is 1. The van der Waals surface area contributed by atoms with Gasteiger partial charge in [0, 0.05) is 33.9 Å². The van der Waals surface area contributed by atoms with Crippen molar-refractivity contribution in [3.8, 4) is 0 Å². The SMILES string of the molecule is COC(=O)C(C)CS(=O)Cc1ccnc2ccccc12. The largest absolute Gasteiger partial charge is 0.469 e. The number of para-hydroxylation sites is 1. The fourth-order valence-corrected chi connectivity index (χ4v) is 3.47. The Balaban J connectivity index is 2.12. The number of benzene rings is 1. The summed E-state index contributed by atoms with van der Waals surface area (Å²) in [4.78, 5) is 15.6. The van der Waals surface area contributed by atoms with Gasteiger partial charge in [0.05, 0.1) is 18.5 Å². The number of carbonyl (C=O) groups is 1.